The Morgan fingerprint density at radius 2 is 1.52 bits per heavy atom. The number of hydrogen-bond donors (Lipinski definition) is 0. The number of rotatable bonds is 0. The van der Waals surface area contributed by atoms with Crippen molar-refractivity contribution in [2.45, 2.75) is 6.92 Å². The van der Waals surface area contributed by atoms with E-state index in [9.17, 15) is 4.79 Å². The summed E-state index contributed by atoms with van der Waals surface area (Å²) < 4.78 is 44.9. The molecule has 27 heavy (non-hydrogen) atoms. The lowest BCUT2D eigenvalue weighted by Crippen LogP contribution is -2.68. The topological polar surface area (TPSA) is 128 Å². The summed E-state index contributed by atoms with van der Waals surface area (Å²) in [4.78, 5) is 15.1. The Labute approximate surface area is 159 Å². The molecule has 7 nitrogen and oxygen atoms in total. The SMILES string of the molecule is Cc1[s+]c2c(c3cc4c(cc13)OCO4)C(=O)c1ccccc1-2.[O-][Cl+3]([O-])([O-])[O-]. The second-order valence-corrected chi connectivity index (χ2v) is 7.85. The fraction of sp³-hybridized carbons (Fsp3) is 0.111. The Hall–Kier alpha value is -2.33. The second-order valence-electron chi connectivity index (χ2n) is 5.87. The van der Waals surface area contributed by atoms with Crippen molar-refractivity contribution in [3.63, 3.8) is 0 Å². The van der Waals surface area contributed by atoms with Gasteiger partial charge >= 0.3 is 0 Å². The van der Waals surface area contributed by atoms with Crippen molar-refractivity contribution in [2.24, 2.45) is 0 Å². The zero-order valence-electron chi connectivity index (χ0n) is 13.8. The summed E-state index contributed by atoms with van der Waals surface area (Å²) in [5, 5.41) is 2.02. The predicted octanol–water partition coefficient (Wildman–Crippen LogP) is -0.325. The van der Waals surface area contributed by atoms with Crippen molar-refractivity contribution < 1.29 is 43.1 Å². The third kappa shape index (κ3) is 3.23. The Morgan fingerprint density at radius 1 is 0.963 bits per heavy atom. The van der Waals surface area contributed by atoms with E-state index in [2.05, 4.69) is 6.92 Å². The number of fused-ring (bicyclic) bond motifs is 6. The van der Waals surface area contributed by atoms with Crippen LogP contribution >= 0.6 is 11.3 Å². The molecule has 1 aliphatic heterocycles. The molecule has 0 unspecified atom stereocenters. The highest BCUT2D eigenvalue weighted by molar-refractivity contribution is 7.16. The number of ether oxygens (including phenoxy) is 2. The largest absolute Gasteiger partial charge is 0.454 e. The lowest BCUT2D eigenvalue weighted by Gasteiger charge is -2.17. The van der Waals surface area contributed by atoms with Gasteiger partial charge in [-0.1, -0.05) is 18.2 Å². The molecule has 0 N–H and O–H groups in total. The Bertz CT molecular complexity index is 1090. The normalized spacial score (nSPS) is 13.9. The molecule has 2 heterocycles. The highest BCUT2D eigenvalue weighted by Crippen LogP contribution is 2.47. The number of hydrogen-bond acceptors (Lipinski definition) is 7. The van der Waals surface area contributed by atoms with E-state index in [1.807, 2.05) is 36.4 Å². The highest BCUT2D eigenvalue weighted by atomic mass is 35.7. The first-order valence-corrected chi connectivity index (χ1v) is 9.75. The van der Waals surface area contributed by atoms with Crippen molar-refractivity contribution in [3.8, 4) is 21.9 Å². The van der Waals surface area contributed by atoms with Gasteiger partial charge in [-0.25, -0.2) is 18.6 Å². The van der Waals surface area contributed by atoms with Crippen molar-refractivity contribution in [2.75, 3.05) is 6.79 Å². The number of aryl methyl sites for hydroxylation is 1. The number of carbonyl (C=O) groups is 1. The van der Waals surface area contributed by atoms with Crippen LogP contribution in [0.2, 0.25) is 0 Å². The number of halogens is 1. The van der Waals surface area contributed by atoms with Crippen LogP contribution in [-0.2, 0) is 0 Å². The van der Waals surface area contributed by atoms with Crippen LogP contribution in [-0.4, -0.2) is 12.6 Å². The van der Waals surface area contributed by atoms with Crippen LogP contribution in [0.3, 0.4) is 0 Å². The molecule has 0 saturated carbocycles. The first kappa shape index (κ1) is 18.1. The maximum atomic E-state index is 12.8. The van der Waals surface area contributed by atoms with Crippen molar-refractivity contribution in [3.05, 3.63) is 52.4 Å². The monoisotopic (exact) mass is 406 g/mol. The first-order valence-electron chi connectivity index (χ1n) is 7.70. The number of benzene rings is 2. The van der Waals surface area contributed by atoms with Gasteiger partial charge in [0.1, 0.15) is 0 Å². The van der Waals surface area contributed by atoms with Gasteiger partial charge in [-0.15, -0.1) is 10.2 Å². The average molecular weight is 407 g/mol. The minimum absolute atomic E-state index is 0.103. The standard InChI is InChI=1S/C18H11O3S.ClHO4/c1-9-12-6-14-15(21-8-20-14)7-13(12)16-17(19)10-4-2-3-5-11(10)18(16)22-9;2-1(3,4)5/h2-7H,8H2,1H3;(H,2,3,4,5)/q+1;/p-1. The van der Waals surface area contributed by atoms with E-state index in [0.717, 1.165) is 38.1 Å². The third-order valence-corrected chi connectivity index (χ3v) is 5.44. The van der Waals surface area contributed by atoms with E-state index >= 15 is 0 Å². The van der Waals surface area contributed by atoms with Crippen LogP contribution in [0.5, 0.6) is 11.5 Å². The van der Waals surface area contributed by atoms with Gasteiger partial charge in [0.25, 0.3) is 4.88 Å². The molecule has 0 spiro atoms. The third-order valence-electron chi connectivity index (χ3n) is 4.29. The van der Waals surface area contributed by atoms with Crippen molar-refractivity contribution in [1.29, 1.82) is 0 Å². The quantitative estimate of drug-likeness (QED) is 0.366. The van der Waals surface area contributed by atoms with Gasteiger partial charge in [-0.3, -0.25) is 4.79 Å². The minimum atomic E-state index is -4.94. The van der Waals surface area contributed by atoms with Crippen LogP contribution in [0.15, 0.2) is 36.4 Å². The Balaban J connectivity index is 0.000000323. The smallest absolute Gasteiger partial charge is 0.250 e. The van der Waals surface area contributed by atoms with Gasteiger partial charge in [-0.2, -0.15) is 0 Å². The fourth-order valence-corrected chi connectivity index (χ4v) is 4.43. The minimum Gasteiger partial charge on any atom is -0.454 e. The van der Waals surface area contributed by atoms with Gasteiger partial charge < -0.3 is 9.47 Å². The molecule has 5 rings (SSSR count). The molecular weight excluding hydrogens is 396 g/mol. The van der Waals surface area contributed by atoms with Crippen molar-refractivity contribution in [1.82, 2.24) is 0 Å². The zero-order valence-corrected chi connectivity index (χ0v) is 15.4. The molecule has 138 valence electrons. The Morgan fingerprint density at radius 3 is 2.15 bits per heavy atom. The molecule has 1 aromatic heterocycles. The van der Waals surface area contributed by atoms with Crippen molar-refractivity contribution >= 4 is 27.9 Å². The molecule has 0 saturated heterocycles. The average Bonchev–Trinajstić information content (AvgIpc) is 3.15. The molecular formula is C18H11ClO7S. The van der Waals surface area contributed by atoms with Gasteiger partial charge in [0.05, 0.1) is 11.1 Å². The maximum absolute atomic E-state index is 12.8. The molecule has 1 aliphatic carbocycles. The molecule has 2 aromatic carbocycles. The summed E-state index contributed by atoms with van der Waals surface area (Å²) in [6, 6.07) is 11.7. The zero-order chi connectivity index (χ0) is 19.3. The number of carbonyl (C=O) groups excluding carboxylic acids is 1. The van der Waals surface area contributed by atoms with Crippen LogP contribution in [0.4, 0.5) is 0 Å². The van der Waals surface area contributed by atoms with Crippen LogP contribution in [0.25, 0.3) is 21.2 Å². The Kier molecular flexibility index (Phi) is 4.26. The highest BCUT2D eigenvalue weighted by Gasteiger charge is 2.37. The molecule has 9 heteroatoms. The van der Waals surface area contributed by atoms with Crippen LogP contribution < -0.4 is 28.1 Å². The molecule has 2 aliphatic rings. The van der Waals surface area contributed by atoms with E-state index in [1.165, 1.54) is 4.88 Å². The lowest BCUT2D eigenvalue weighted by atomic mass is 10.0. The van der Waals surface area contributed by atoms with E-state index in [-0.39, 0.29) is 12.6 Å². The molecule has 0 atom stereocenters. The summed E-state index contributed by atoms with van der Waals surface area (Å²) in [7, 11) is -4.94. The van der Waals surface area contributed by atoms with Crippen LogP contribution in [0, 0.1) is 17.2 Å². The first-order chi connectivity index (χ1) is 12.7. The molecule has 0 amide bonds. The van der Waals surface area contributed by atoms with Gasteiger partial charge in [-0.05, 0) is 18.2 Å². The summed E-state index contributed by atoms with van der Waals surface area (Å²) in [6.07, 6.45) is 0. The molecule has 0 fully saturated rings. The van der Waals surface area contributed by atoms with E-state index in [1.54, 1.807) is 11.3 Å². The second kappa shape index (κ2) is 6.38. The van der Waals surface area contributed by atoms with Gasteiger partial charge in [0, 0.05) is 23.3 Å². The molecule has 3 aromatic rings. The summed E-state index contributed by atoms with van der Waals surface area (Å²) in [5.74, 6) is 1.57. The van der Waals surface area contributed by atoms with Gasteiger partial charge in [0.15, 0.2) is 17.3 Å². The van der Waals surface area contributed by atoms with E-state index < -0.39 is 10.2 Å². The van der Waals surface area contributed by atoms with E-state index in [4.69, 9.17) is 28.1 Å². The predicted molar refractivity (Wildman–Crippen MR) is 86.0 cm³/mol. The molecule has 0 bridgehead atoms. The summed E-state index contributed by atoms with van der Waals surface area (Å²) >= 11 is 1.67. The maximum Gasteiger partial charge on any atom is 0.250 e. The fourth-order valence-electron chi connectivity index (χ4n) is 3.25. The number of ketones is 1. The van der Waals surface area contributed by atoms with Gasteiger partial charge in [0.2, 0.25) is 23.0 Å². The van der Waals surface area contributed by atoms with Crippen LogP contribution in [0.1, 0.15) is 20.8 Å². The summed E-state index contributed by atoms with van der Waals surface area (Å²) in [5.41, 5.74) is 2.62. The summed E-state index contributed by atoms with van der Waals surface area (Å²) in [6.45, 7) is 2.32. The molecule has 0 radical (unpaired) electrons. The lowest BCUT2D eigenvalue weighted by molar-refractivity contribution is -2.00. The van der Waals surface area contributed by atoms with E-state index in [0.29, 0.717) is 5.75 Å².